The molecule has 0 spiro atoms. The molecule has 0 saturated heterocycles. The van der Waals surface area contributed by atoms with Crippen molar-refractivity contribution < 1.29 is 9.53 Å². The molecule has 0 amide bonds. The van der Waals surface area contributed by atoms with Gasteiger partial charge >= 0.3 is 5.97 Å². The van der Waals surface area contributed by atoms with Crippen molar-refractivity contribution in [2.75, 3.05) is 6.61 Å². The third-order valence-corrected chi connectivity index (χ3v) is 2.64. The first-order chi connectivity index (χ1) is 6.19. The fraction of sp³-hybridized carbons (Fsp3) is 0.900. The Balaban J connectivity index is 2.18. The number of hydrogen-bond acceptors (Lipinski definition) is 3. The molecule has 0 aromatic carbocycles. The summed E-state index contributed by atoms with van der Waals surface area (Å²) >= 11 is 0. The zero-order chi connectivity index (χ0) is 9.84. The summed E-state index contributed by atoms with van der Waals surface area (Å²) in [5.41, 5.74) is 5.80. The van der Waals surface area contributed by atoms with Gasteiger partial charge < -0.3 is 10.5 Å². The lowest BCUT2D eigenvalue weighted by Gasteiger charge is -2.06. The van der Waals surface area contributed by atoms with Crippen molar-refractivity contribution >= 4 is 5.97 Å². The quantitative estimate of drug-likeness (QED) is 0.657. The topological polar surface area (TPSA) is 52.3 Å². The first-order valence-corrected chi connectivity index (χ1v) is 5.11. The standard InChI is InChI=1S/C10H19NO2/c1-3-8(11)5-7-6-9(7)10(12)13-4-2/h7-9H,3-6,11H2,1-2H3. The monoisotopic (exact) mass is 185 g/mol. The Bertz CT molecular complexity index is 182. The maximum atomic E-state index is 11.2. The van der Waals surface area contributed by atoms with Crippen LogP contribution in [0.25, 0.3) is 0 Å². The van der Waals surface area contributed by atoms with E-state index in [0.717, 1.165) is 19.3 Å². The highest BCUT2D eigenvalue weighted by atomic mass is 16.5. The predicted octanol–water partition coefficient (Wildman–Crippen LogP) is 1.31. The highest BCUT2D eigenvalue weighted by molar-refractivity contribution is 5.75. The van der Waals surface area contributed by atoms with Crippen LogP contribution in [-0.4, -0.2) is 18.6 Å². The molecule has 76 valence electrons. The molecule has 3 nitrogen and oxygen atoms in total. The first-order valence-electron chi connectivity index (χ1n) is 5.11. The lowest BCUT2D eigenvalue weighted by Crippen LogP contribution is -2.20. The molecule has 0 aliphatic heterocycles. The van der Waals surface area contributed by atoms with Crippen LogP contribution in [0.1, 0.15) is 33.1 Å². The van der Waals surface area contributed by atoms with E-state index in [1.807, 2.05) is 6.92 Å². The summed E-state index contributed by atoms with van der Waals surface area (Å²) < 4.78 is 4.93. The van der Waals surface area contributed by atoms with E-state index in [0.29, 0.717) is 12.5 Å². The molecular weight excluding hydrogens is 166 g/mol. The molecule has 3 atom stereocenters. The highest BCUT2D eigenvalue weighted by Gasteiger charge is 2.44. The largest absolute Gasteiger partial charge is 0.466 e. The molecule has 0 heterocycles. The van der Waals surface area contributed by atoms with Gasteiger partial charge in [0, 0.05) is 6.04 Å². The maximum Gasteiger partial charge on any atom is 0.309 e. The van der Waals surface area contributed by atoms with E-state index in [9.17, 15) is 4.79 Å². The normalized spacial score (nSPS) is 28.2. The minimum Gasteiger partial charge on any atom is -0.466 e. The maximum absolute atomic E-state index is 11.2. The molecule has 0 radical (unpaired) electrons. The van der Waals surface area contributed by atoms with Crippen molar-refractivity contribution in [3.63, 3.8) is 0 Å². The molecule has 3 heteroatoms. The van der Waals surface area contributed by atoms with Crippen LogP contribution in [0.3, 0.4) is 0 Å². The predicted molar refractivity (Wildman–Crippen MR) is 51.1 cm³/mol. The lowest BCUT2D eigenvalue weighted by atomic mass is 10.1. The highest BCUT2D eigenvalue weighted by Crippen LogP contribution is 2.42. The second-order valence-electron chi connectivity index (χ2n) is 3.76. The van der Waals surface area contributed by atoms with Crippen LogP contribution < -0.4 is 5.73 Å². The van der Waals surface area contributed by atoms with Crippen LogP contribution in [0, 0.1) is 11.8 Å². The van der Waals surface area contributed by atoms with E-state index in [2.05, 4.69) is 6.92 Å². The Hall–Kier alpha value is -0.570. The van der Waals surface area contributed by atoms with Gasteiger partial charge in [-0.15, -0.1) is 0 Å². The van der Waals surface area contributed by atoms with Gasteiger partial charge in [-0.3, -0.25) is 4.79 Å². The molecule has 2 N–H and O–H groups in total. The minimum absolute atomic E-state index is 0.0317. The Kier molecular flexibility index (Phi) is 3.72. The van der Waals surface area contributed by atoms with Crippen LogP contribution in [0.5, 0.6) is 0 Å². The summed E-state index contributed by atoms with van der Waals surface area (Å²) in [6.45, 7) is 4.40. The van der Waals surface area contributed by atoms with Crippen molar-refractivity contribution in [3.05, 3.63) is 0 Å². The van der Waals surface area contributed by atoms with E-state index in [-0.39, 0.29) is 17.9 Å². The van der Waals surface area contributed by atoms with E-state index < -0.39 is 0 Å². The molecule has 0 aromatic rings. The number of nitrogens with two attached hydrogens (primary N) is 1. The summed E-state index contributed by atoms with van der Waals surface area (Å²) in [7, 11) is 0. The number of esters is 1. The van der Waals surface area contributed by atoms with Gasteiger partial charge in [0.1, 0.15) is 0 Å². The Morgan fingerprint density at radius 1 is 1.62 bits per heavy atom. The van der Waals surface area contributed by atoms with Gasteiger partial charge in [0.05, 0.1) is 12.5 Å². The number of carbonyl (C=O) groups is 1. The molecule has 1 saturated carbocycles. The van der Waals surface area contributed by atoms with E-state index >= 15 is 0 Å². The lowest BCUT2D eigenvalue weighted by molar-refractivity contribution is -0.145. The summed E-state index contributed by atoms with van der Waals surface area (Å²) in [5, 5.41) is 0. The summed E-state index contributed by atoms with van der Waals surface area (Å²) in [6, 6.07) is 0.254. The third kappa shape index (κ3) is 2.99. The summed E-state index contributed by atoms with van der Waals surface area (Å²) in [6.07, 6.45) is 2.94. The van der Waals surface area contributed by atoms with Crippen LogP contribution in [0.2, 0.25) is 0 Å². The zero-order valence-corrected chi connectivity index (χ0v) is 8.45. The van der Waals surface area contributed by atoms with Gasteiger partial charge in [0.15, 0.2) is 0 Å². The van der Waals surface area contributed by atoms with Gasteiger partial charge in [-0.2, -0.15) is 0 Å². The molecule has 1 aliphatic rings. The minimum atomic E-state index is -0.0317. The zero-order valence-electron chi connectivity index (χ0n) is 8.45. The second-order valence-corrected chi connectivity index (χ2v) is 3.76. The Labute approximate surface area is 79.6 Å². The smallest absolute Gasteiger partial charge is 0.309 e. The average molecular weight is 185 g/mol. The molecule has 13 heavy (non-hydrogen) atoms. The van der Waals surface area contributed by atoms with Gasteiger partial charge in [-0.1, -0.05) is 6.92 Å². The fourth-order valence-corrected chi connectivity index (χ4v) is 1.60. The van der Waals surface area contributed by atoms with Crippen molar-refractivity contribution in [1.82, 2.24) is 0 Å². The first kappa shape index (κ1) is 10.5. The summed E-state index contributed by atoms with van der Waals surface area (Å²) in [4.78, 5) is 11.2. The molecule has 1 rings (SSSR count). The number of hydrogen-bond donors (Lipinski definition) is 1. The van der Waals surface area contributed by atoms with Gasteiger partial charge in [-0.05, 0) is 32.1 Å². The van der Waals surface area contributed by atoms with Gasteiger partial charge in [-0.25, -0.2) is 0 Å². The van der Waals surface area contributed by atoms with E-state index in [1.54, 1.807) is 0 Å². The molecule has 0 bridgehead atoms. The van der Waals surface area contributed by atoms with Crippen molar-refractivity contribution in [1.29, 1.82) is 0 Å². The fourth-order valence-electron chi connectivity index (χ4n) is 1.60. The van der Waals surface area contributed by atoms with Crippen molar-refractivity contribution in [2.45, 2.75) is 39.2 Å². The average Bonchev–Trinajstić information content (AvgIpc) is 2.84. The van der Waals surface area contributed by atoms with Crippen LogP contribution in [0.4, 0.5) is 0 Å². The Morgan fingerprint density at radius 2 is 2.31 bits per heavy atom. The van der Waals surface area contributed by atoms with E-state index in [1.165, 1.54) is 0 Å². The van der Waals surface area contributed by atoms with Crippen LogP contribution in [-0.2, 0) is 9.53 Å². The van der Waals surface area contributed by atoms with Gasteiger partial charge in [0.25, 0.3) is 0 Å². The molecular formula is C10H19NO2. The number of ether oxygens (including phenoxy) is 1. The van der Waals surface area contributed by atoms with Crippen LogP contribution in [0.15, 0.2) is 0 Å². The van der Waals surface area contributed by atoms with E-state index in [4.69, 9.17) is 10.5 Å². The molecule has 1 aliphatic carbocycles. The molecule has 3 unspecified atom stereocenters. The SMILES string of the molecule is CCOC(=O)C1CC1CC(N)CC. The third-order valence-electron chi connectivity index (χ3n) is 2.64. The number of rotatable bonds is 5. The van der Waals surface area contributed by atoms with Crippen LogP contribution >= 0.6 is 0 Å². The van der Waals surface area contributed by atoms with Crippen molar-refractivity contribution in [2.24, 2.45) is 17.6 Å². The summed E-state index contributed by atoms with van der Waals surface area (Å²) in [5.74, 6) is 0.613. The second kappa shape index (κ2) is 4.61. The number of carbonyl (C=O) groups excluding carboxylic acids is 1. The van der Waals surface area contributed by atoms with Gasteiger partial charge in [0.2, 0.25) is 0 Å². The molecule has 1 fully saturated rings. The molecule has 0 aromatic heterocycles. The Morgan fingerprint density at radius 3 is 2.85 bits per heavy atom. The van der Waals surface area contributed by atoms with Crippen molar-refractivity contribution in [3.8, 4) is 0 Å².